The molecule has 0 fully saturated rings. The molecule has 5 nitrogen and oxygen atoms in total. The van der Waals surface area contributed by atoms with E-state index in [4.69, 9.17) is 4.74 Å². The van der Waals surface area contributed by atoms with Gasteiger partial charge in [0.15, 0.2) is 6.61 Å². The molecular weight excluding hydrogens is 352 g/mol. The van der Waals surface area contributed by atoms with Crippen molar-refractivity contribution < 1.29 is 14.3 Å². The van der Waals surface area contributed by atoms with Crippen LogP contribution in [-0.4, -0.2) is 25.0 Å². The SMILES string of the molecule is CCCCNc1ccccc1C(=O)OCC(=O)Nc1ccc2ccccc2c1. The van der Waals surface area contributed by atoms with E-state index in [-0.39, 0.29) is 12.5 Å². The van der Waals surface area contributed by atoms with E-state index in [0.29, 0.717) is 11.3 Å². The van der Waals surface area contributed by atoms with Crippen LogP contribution in [0.15, 0.2) is 66.7 Å². The fourth-order valence-corrected chi connectivity index (χ4v) is 2.89. The lowest BCUT2D eigenvalue weighted by atomic mass is 10.1. The molecule has 28 heavy (non-hydrogen) atoms. The fraction of sp³-hybridized carbons (Fsp3) is 0.217. The monoisotopic (exact) mass is 376 g/mol. The van der Waals surface area contributed by atoms with E-state index in [9.17, 15) is 9.59 Å². The highest BCUT2D eigenvalue weighted by Gasteiger charge is 2.14. The molecule has 0 bridgehead atoms. The van der Waals surface area contributed by atoms with Gasteiger partial charge in [0.05, 0.1) is 5.56 Å². The number of benzene rings is 3. The van der Waals surface area contributed by atoms with Crippen molar-refractivity contribution in [3.63, 3.8) is 0 Å². The van der Waals surface area contributed by atoms with Gasteiger partial charge in [-0.3, -0.25) is 4.79 Å². The maximum atomic E-state index is 12.4. The molecule has 0 saturated carbocycles. The number of para-hydroxylation sites is 1. The van der Waals surface area contributed by atoms with Gasteiger partial charge >= 0.3 is 5.97 Å². The van der Waals surface area contributed by atoms with Gasteiger partial charge in [-0.1, -0.05) is 55.8 Å². The fourth-order valence-electron chi connectivity index (χ4n) is 2.89. The van der Waals surface area contributed by atoms with E-state index in [0.717, 1.165) is 35.8 Å². The van der Waals surface area contributed by atoms with Crippen LogP contribution >= 0.6 is 0 Å². The number of carbonyl (C=O) groups excluding carboxylic acids is 2. The summed E-state index contributed by atoms with van der Waals surface area (Å²) in [5, 5.41) is 8.13. The molecule has 5 heteroatoms. The van der Waals surface area contributed by atoms with Crippen molar-refractivity contribution in [2.45, 2.75) is 19.8 Å². The van der Waals surface area contributed by atoms with Crippen molar-refractivity contribution >= 4 is 34.0 Å². The van der Waals surface area contributed by atoms with Crippen molar-refractivity contribution in [3.8, 4) is 0 Å². The average molecular weight is 376 g/mol. The van der Waals surface area contributed by atoms with Gasteiger partial charge < -0.3 is 15.4 Å². The number of anilines is 2. The van der Waals surface area contributed by atoms with E-state index >= 15 is 0 Å². The molecular formula is C23H24N2O3. The molecule has 2 N–H and O–H groups in total. The van der Waals surface area contributed by atoms with Crippen molar-refractivity contribution in [3.05, 3.63) is 72.3 Å². The van der Waals surface area contributed by atoms with Gasteiger partial charge in [0.1, 0.15) is 0 Å². The zero-order chi connectivity index (χ0) is 19.8. The minimum absolute atomic E-state index is 0.338. The number of carbonyl (C=O) groups is 2. The largest absolute Gasteiger partial charge is 0.452 e. The Hall–Kier alpha value is -3.34. The summed E-state index contributed by atoms with van der Waals surface area (Å²) in [5.74, 6) is -0.895. The number of rotatable bonds is 8. The Morgan fingerprint density at radius 3 is 2.50 bits per heavy atom. The number of esters is 1. The molecule has 0 unspecified atom stereocenters. The molecule has 0 radical (unpaired) electrons. The van der Waals surface area contributed by atoms with E-state index in [1.54, 1.807) is 12.1 Å². The molecule has 3 rings (SSSR count). The maximum Gasteiger partial charge on any atom is 0.340 e. The lowest BCUT2D eigenvalue weighted by Gasteiger charge is -2.11. The Labute approximate surface area is 164 Å². The van der Waals surface area contributed by atoms with E-state index in [1.165, 1.54) is 0 Å². The lowest BCUT2D eigenvalue weighted by molar-refractivity contribution is -0.119. The number of hydrogen-bond acceptors (Lipinski definition) is 4. The van der Waals surface area contributed by atoms with Gasteiger partial charge in [0.25, 0.3) is 5.91 Å². The highest BCUT2D eigenvalue weighted by atomic mass is 16.5. The summed E-state index contributed by atoms with van der Waals surface area (Å²) in [7, 11) is 0. The smallest absolute Gasteiger partial charge is 0.340 e. The van der Waals surface area contributed by atoms with Gasteiger partial charge in [-0.15, -0.1) is 0 Å². The summed E-state index contributed by atoms with van der Waals surface area (Å²) in [6, 6.07) is 20.7. The quantitative estimate of drug-likeness (QED) is 0.436. The van der Waals surface area contributed by atoms with Crippen LogP contribution < -0.4 is 10.6 Å². The van der Waals surface area contributed by atoms with Crippen molar-refractivity contribution in [2.75, 3.05) is 23.8 Å². The molecule has 3 aromatic carbocycles. The first-order valence-electron chi connectivity index (χ1n) is 9.46. The van der Waals surface area contributed by atoms with Crippen LogP contribution in [0, 0.1) is 0 Å². The third kappa shape index (κ3) is 5.10. The Morgan fingerprint density at radius 2 is 1.68 bits per heavy atom. The highest BCUT2D eigenvalue weighted by Crippen LogP contribution is 2.19. The number of hydrogen-bond donors (Lipinski definition) is 2. The first-order valence-corrected chi connectivity index (χ1v) is 9.46. The summed E-state index contributed by atoms with van der Waals surface area (Å²) >= 11 is 0. The molecule has 144 valence electrons. The zero-order valence-corrected chi connectivity index (χ0v) is 15.9. The van der Waals surface area contributed by atoms with Crippen molar-refractivity contribution in [1.82, 2.24) is 0 Å². The minimum Gasteiger partial charge on any atom is -0.452 e. The lowest BCUT2D eigenvalue weighted by Crippen LogP contribution is -2.21. The van der Waals surface area contributed by atoms with Crippen LogP contribution in [0.1, 0.15) is 30.1 Å². The number of unbranched alkanes of at least 4 members (excludes halogenated alkanes) is 1. The molecule has 0 aliphatic heterocycles. The van der Waals surface area contributed by atoms with Crippen LogP contribution in [0.3, 0.4) is 0 Å². The second-order valence-corrected chi connectivity index (χ2v) is 6.51. The molecule has 0 aliphatic rings. The minimum atomic E-state index is -0.520. The molecule has 0 aromatic heterocycles. The van der Waals surface area contributed by atoms with Crippen LogP contribution in [0.25, 0.3) is 10.8 Å². The summed E-state index contributed by atoms with van der Waals surface area (Å²) in [6.07, 6.45) is 2.08. The Kier molecular flexibility index (Phi) is 6.63. The molecule has 1 amide bonds. The molecule has 3 aromatic rings. The Balaban J connectivity index is 1.57. The standard InChI is InChI=1S/C23H24N2O3/c1-2-3-14-24-21-11-7-6-10-20(21)23(27)28-16-22(26)25-19-13-12-17-8-4-5-9-18(17)15-19/h4-13,15,24H,2-3,14,16H2,1H3,(H,25,26). The highest BCUT2D eigenvalue weighted by molar-refractivity contribution is 5.99. The first kappa shape index (κ1) is 19.4. The van der Waals surface area contributed by atoms with Crippen LogP contribution in [0.2, 0.25) is 0 Å². The Morgan fingerprint density at radius 1 is 0.929 bits per heavy atom. The predicted molar refractivity (Wildman–Crippen MR) is 113 cm³/mol. The van der Waals surface area contributed by atoms with E-state index in [1.807, 2.05) is 54.6 Å². The molecule has 0 spiro atoms. The Bertz CT molecular complexity index is 969. The number of ether oxygens (including phenoxy) is 1. The third-order valence-corrected chi connectivity index (χ3v) is 4.36. The summed E-state index contributed by atoms with van der Waals surface area (Å²) in [6.45, 7) is 2.55. The van der Waals surface area contributed by atoms with Crippen molar-refractivity contribution in [2.24, 2.45) is 0 Å². The van der Waals surface area contributed by atoms with E-state index < -0.39 is 5.97 Å². The van der Waals surface area contributed by atoms with E-state index in [2.05, 4.69) is 17.6 Å². The van der Waals surface area contributed by atoms with Crippen LogP contribution in [-0.2, 0) is 9.53 Å². The number of fused-ring (bicyclic) bond motifs is 1. The van der Waals surface area contributed by atoms with Crippen LogP contribution in [0.5, 0.6) is 0 Å². The van der Waals surface area contributed by atoms with Gasteiger partial charge in [-0.2, -0.15) is 0 Å². The third-order valence-electron chi connectivity index (χ3n) is 4.36. The molecule has 0 heterocycles. The molecule has 0 atom stereocenters. The summed E-state index contributed by atoms with van der Waals surface area (Å²) < 4.78 is 5.21. The normalized spacial score (nSPS) is 10.5. The van der Waals surface area contributed by atoms with Gasteiger partial charge in [-0.05, 0) is 41.5 Å². The molecule has 0 saturated heterocycles. The second kappa shape index (κ2) is 9.55. The first-order chi connectivity index (χ1) is 13.7. The average Bonchev–Trinajstić information content (AvgIpc) is 2.72. The van der Waals surface area contributed by atoms with Gasteiger partial charge in [0.2, 0.25) is 0 Å². The van der Waals surface area contributed by atoms with Crippen molar-refractivity contribution in [1.29, 1.82) is 0 Å². The number of nitrogens with one attached hydrogen (secondary N) is 2. The number of amides is 1. The maximum absolute atomic E-state index is 12.4. The second-order valence-electron chi connectivity index (χ2n) is 6.51. The van der Waals surface area contributed by atoms with Gasteiger partial charge in [-0.25, -0.2) is 4.79 Å². The van der Waals surface area contributed by atoms with Crippen LogP contribution in [0.4, 0.5) is 11.4 Å². The molecule has 0 aliphatic carbocycles. The topological polar surface area (TPSA) is 67.4 Å². The summed E-state index contributed by atoms with van der Waals surface area (Å²) in [4.78, 5) is 24.6. The summed E-state index contributed by atoms with van der Waals surface area (Å²) in [5.41, 5.74) is 1.81. The van der Waals surface area contributed by atoms with Gasteiger partial charge in [0, 0.05) is 17.9 Å². The predicted octanol–water partition coefficient (Wildman–Crippen LogP) is 4.85. The zero-order valence-electron chi connectivity index (χ0n) is 15.9.